The van der Waals surface area contributed by atoms with Crippen LogP contribution in [0.1, 0.15) is 23.4 Å². The van der Waals surface area contributed by atoms with Gasteiger partial charge >= 0.3 is 0 Å². The van der Waals surface area contributed by atoms with Gasteiger partial charge in [0.05, 0.1) is 35.8 Å². The maximum atomic E-state index is 12.1. The van der Waals surface area contributed by atoms with Gasteiger partial charge in [0.25, 0.3) is 0 Å². The van der Waals surface area contributed by atoms with Crippen LogP contribution < -0.4 is 10.1 Å². The smallest absolute Gasteiger partial charge is 0.226 e. The lowest BCUT2D eigenvalue weighted by molar-refractivity contribution is -0.116. The Labute approximate surface area is 135 Å². The number of aromatic nitrogens is 2. The lowest BCUT2D eigenvalue weighted by Gasteiger charge is -2.11. The summed E-state index contributed by atoms with van der Waals surface area (Å²) in [6.07, 6.45) is 0.315. The Morgan fingerprint density at radius 3 is 2.68 bits per heavy atom. The van der Waals surface area contributed by atoms with Crippen molar-refractivity contribution in [3.8, 4) is 5.75 Å². The van der Waals surface area contributed by atoms with E-state index in [2.05, 4.69) is 10.4 Å². The molecule has 6 heteroatoms. The second-order valence-electron chi connectivity index (χ2n) is 5.21. The number of carbonyl (C=O) groups is 1. The van der Waals surface area contributed by atoms with Crippen LogP contribution in [-0.2, 0) is 11.3 Å². The number of rotatable bonds is 5. The third kappa shape index (κ3) is 3.60. The van der Waals surface area contributed by atoms with Crippen molar-refractivity contribution in [3.05, 3.63) is 40.2 Å². The lowest BCUT2D eigenvalue weighted by atomic mass is 10.2. The first-order valence-corrected chi connectivity index (χ1v) is 7.44. The van der Waals surface area contributed by atoms with Crippen molar-refractivity contribution in [2.45, 2.75) is 33.7 Å². The van der Waals surface area contributed by atoms with Crippen molar-refractivity contribution in [2.24, 2.45) is 0 Å². The highest BCUT2D eigenvalue weighted by Crippen LogP contribution is 2.25. The largest absolute Gasteiger partial charge is 0.495 e. The Balaban J connectivity index is 2.01. The molecule has 0 saturated heterocycles. The quantitative estimate of drug-likeness (QED) is 0.917. The van der Waals surface area contributed by atoms with Crippen LogP contribution in [0.3, 0.4) is 0 Å². The molecule has 0 aliphatic carbocycles. The summed E-state index contributed by atoms with van der Waals surface area (Å²) in [7, 11) is 1.58. The fraction of sp³-hybridized carbons (Fsp3) is 0.375. The van der Waals surface area contributed by atoms with Crippen LogP contribution in [-0.4, -0.2) is 22.8 Å². The number of aryl methyl sites for hydroxylation is 3. The van der Waals surface area contributed by atoms with Gasteiger partial charge in [-0.3, -0.25) is 9.48 Å². The molecule has 2 rings (SSSR count). The van der Waals surface area contributed by atoms with Gasteiger partial charge in [-0.1, -0.05) is 17.7 Å². The molecule has 0 bridgehead atoms. The number of amides is 1. The Morgan fingerprint density at radius 1 is 1.36 bits per heavy atom. The van der Waals surface area contributed by atoms with Crippen molar-refractivity contribution >= 4 is 23.2 Å². The minimum atomic E-state index is -0.0902. The SMILES string of the molecule is COc1ccc(C)cc1NC(=O)CCn1nc(C)c(Cl)c1C. The summed E-state index contributed by atoms with van der Waals surface area (Å²) in [6, 6.07) is 5.66. The van der Waals surface area contributed by atoms with Crippen molar-refractivity contribution in [3.63, 3.8) is 0 Å². The first-order valence-electron chi connectivity index (χ1n) is 7.06. The van der Waals surface area contributed by atoms with Crippen LogP contribution in [0, 0.1) is 20.8 Å². The Kier molecular flexibility index (Phi) is 5.08. The Hall–Kier alpha value is -2.01. The number of anilines is 1. The number of benzene rings is 1. The van der Waals surface area contributed by atoms with E-state index >= 15 is 0 Å². The van der Waals surface area contributed by atoms with E-state index in [1.54, 1.807) is 11.8 Å². The van der Waals surface area contributed by atoms with Gasteiger partial charge in [0.15, 0.2) is 0 Å². The number of methoxy groups -OCH3 is 1. The molecule has 1 heterocycles. The number of halogens is 1. The average molecular weight is 322 g/mol. The third-order valence-electron chi connectivity index (χ3n) is 3.47. The second kappa shape index (κ2) is 6.83. The van der Waals surface area contributed by atoms with E-state index < -0.39 is 0 Å². The second-order valence-corrected chi connectivity index (χ2v) is 5.59. The summed E-state index contributed by atoms with van der Waals surface area (Å²) in [6.45, 7) is 6.19. The first kappa shape index (κ1) is 16.4. The highest BCUT2D eigenvalue weighted by molar-refractivity contribution is 6.31. The van der Waals surface area contributed by atoms with Crippen LogP contribution in [0.4, 0.5) is 5.69 Å². The normalized spacial score (nSPS) is 10.6. The molecule has 0 saturated carbocycles. The van der Waals surface area contributed by atoms with Gasteiger partial charge in [0.2, 0.25) is 5.91 Å². The van der Waals surface area contributed by atoms with Crippen molar-refractivity contribution in [1.29, 1.82) is 0 Å². The standard InChI is InChI=1S/C16H20ClN3O2/c1-10-5-6-14(22-4)13(9-10)18-15(21)7-8-20-12(3)16(17)11(2)19-20/h5-6,9H,7-8H2,1-4H3,(H,18,21). The molecular formula is C16H20ClN3O2. The average Bonchev–Trinajstić information content (AvgIpc) is 2.73. The molecule has 5 nitrogen and oxygen atoms in total. The van der Waals surface area contributed by atoms with Crippen LogP contribution in [0.25, 0.3) is 0 Å². The van der Waals surface area contributed by atoms with E-state index in [4.69, 9.17) is 16.3 Å². The molecule has 1 N–H and O–H groups in total. The van der Waals surface area contributed by atoms with Crippen molar-refractivity contribution in [1.82, 2.24) is 9.78 Å². The summed E-state index contributed by atoms with van der Waals surface area (Å²) in [5, 5.41) is 7.85. The molecule has 0 aliphatic heterocycles. The van der Waals surface area contributed by atoms with Gasteiger partial charge in [0.1, 0.15) is 5.75 Å². The van der Waals surface area contributed by atoms with Gasteiger partial charge < -0.3 is 10.1 Å². The molecule has 0 atom stereocenters. The molecule has 0 unspecified atom stereocenters. The minimum Gasteiger partial charge on any atom is -0.495 e. The molecule has 118 valence electrons. The topological polar surface area (TPSA) is 56.1 Å². The number of carbonyl (C=O) groups excluding carboxylic acids is 1. The number of nitrogens with zero attached hydrogens (tertiary/aromatic N) is 2. The number of hydrogen-bond acceptors (Lipinski definition) is 3. The molecule has 1 amide bonds. The van der Waals surface area contributed by atoms with Crippen LogP contribution in [0.5, 0.6) is 5.75 Å². The fourth-order valence-corrected chi connectivity index (χ4v) is 2.37. The molecule has 2 aromatic rings. The van der Waals surface area contributed by atoms with E-state index in [1.165, 1.54) is 0 Å². The van der Waals surface area contributed by atoms with Gasteiger partial charge in [-0.15, -0.1) is 0 Å². The molecule has 1 aromatic carbocycles. The zero-order valence-electron chi connectivity index (χ0n) is 13.2. The molecule has 0 fully saturated rings. The first-order chi connectivity index (χ1) is 10.4. The zero-order chi connectivity index (χ0) is 16.3. The number of hydrogen-bond donors (Lipinski definition) is 1. The summed E-state index contributed by atoms with van der Waals surface area (Å²) in [5.41, 5.74) is 3.39. The molecule has 0 aliphatic rings. The van der Waals surface area contributed by atoms with Crippen molar-refractivity contribution in [2.75, 3.05) is 12.4 Å². The monoisotopic (exact) mass is 321 g/mol. The Bertz CT molecular complexity index is 695. The summed E-state index contributed by atoms with van der Waals surface area (Å²) in [4.78, 5) is 12.1. The van der Waals surface area contributed by atoms with E-state index in [0.29, 0.717) is 29.4 Å². The molecular weight excluding hydrogens is 302 g/mol. The highest BCUT2D eigenvalue weighted by atomic mass is 35.5. The van der Waals surface area contributed by atoms with Gasteiger partial charge in [-0.05, 0) is 38.5 Å². The summed E-state index contributed by atoms with van der Waals surface area (Å²) < 4.78 is 7.01. The molecule has 0 radical (unpaired) electrons. The van der Waals surface area contributed by atoms with E-state index in [9.17, 15) is 4.79 Å². The van der Waals surface area contributed by atoms with Gasteiger partial charge in [-0.2, -0.15) is 5.10 Å². The number of ether oxygens (including phenoxy) is 1. The summed E-state index contributed by atoms with van der Waals surface area (Å²) in [5.74, 6) is 0.556. The van der Waals surface area contributed by atoms with Crippen LogP contribution in [0.2, 0.25) is 5.02 Å². The van der Waals surface area contributed by atoms with E-state index in [-0.39, 0.29) is 5.91 Å². The van der Waals surface area contributed by atoms with E-state index in [1.807, 2.05) is 39.0 Å². The van der Waals surface area contributed by atoms with Crippen LogP contribution in [0.15, 0.2) is 18.2 Å². The van der Waals surface area contributed by atoms with Crippen LogP contribution >= 0.6 is 11.6 Å². The highest BCUT2D eigenvalue weighted by Gasteiger charge is 2.12. The van der Waals surface area contributed by atoms with Gasteiger partial charge in [0, 0.05) is 6.42 Å². The number of nitrogens with one attached hydrogen (secondary N) is 1. The predicted molar refractivity (Wildman–Crippen MR) is 87.7 cm³/mol. The zero-order valence-corrected chi connectivity index (χ0v) is 14.0. The van der Waals surface area contributed by atoms with E-state index in [0.717, 1.165) is 17.0 Å². The predicted octanol–water partition coefficient (Wildman–Crippen LogP) is 3.50. The third-order valence-corrected chi connectivity index (χ3v) is 4.02. The summed E-state index contributed by atoms with van der Waals surface area (Å²) >= 11 is 6.10. The lowest BCUT2D eigenvalue weighted by Crippen LogP contribution is -2.16. The van der Waals surface area contributed by atoms with Crippen molar-refractivity contribution < 1.29 is 9.53 Å². The fourth-order valence-electron chi connectivity index (χ4n) is 2.23. The minimum absolute atomic E-state index is 0.0902. The van der Waals surface area contributed by atoms with Gasteiger partial charge in [-0.25, -0.2) is 0 Å². The maximum absolute atomic E-state index is 12.1. The molecule has 0 spiro atoms. The molecule has 22 heavy (non-hydrogen) atoms. The Morgan fingerprint density at radius 2 is 2.09 bits per heavy atom. The molecule has 1 aromatic heterocycles. The maximum Gasteiger partial charge on any atom is 0.226 e.